The Morgan fingerprint density at radius 2 is 1.19 bits per heavy atom. The molecule has 2 N–H and O–H groups in total. The summed E-state index contributed by atoms with van der Waals surface area (Å²) in [6.07, 6.45) is 2.27. The van der Waals surface area contributed by atoms with Crippen molar-refractivity contribution in [3.05, 3.63) is 12.2 Å². The Kier molecular flexibility index (Phi) is 6.87. The molecule has 2 amide bonds. The van der Waals surface area contributed by atoms with Crippen LogP contribution in [0.3, 0.4) is 0 Å². The van der Waals surface area contributed by atoms with E-state index in [1.807, 2.05) is 0 Å². The van der Waals surface area contributed by atoms with Crippen LogP contribution in [0.5, 0.6) is 0 Å². The van der Waals surface area contributed by atoms with Crippen LogP contribution in [-0.2, 0) is 29.1 Å². The van der Waals surface area contributed by atoms with Crippen LogP contribution >= 0.6 is 0 Å². The zero-order valence-corrected chi connectivity index (χ0v) is 15.7. The molecule has 2 atom stereocenters. The van der Waals surface area contributed by atoms with Crippen LogP contribution in [0.2, 0.25) is 0 Å². The number of nitrogens with one attached hydrogen (secondary N) is 2. The van der Waals surface area contributed by atoms with E-state index in [0.29, 0.717) is 12.8 Å². The molecule has 2 aliphatic rings. The van der Waals surface area contributed by atoms with Crippen molar-refractivity contribution >= 4 is 31.9 Å². The van der Waals surface area contributed by atoms with E-state index in [1.165, 1.54) is 12.2 Å². The molecule has 12 heteroatoms. The van der Waals surface area contributed by atoms with Crippen molar-refractivity contribution in [2.24, 2.45) is 0 Å². The van der Waals surface area contributed by atoms with Gasteiger partial charge in [-0.1, -0.05) is 0 Å². The average molecular weight is 410 g/mol. The van der Waals surface area contributed by atoms with Gasteiger partial charge in [0.05, 0.1) is 23.0 Å². The van der Waals surface area contributed by atoms with Crippen LogP contribution in [0.25, 0.3) is 0 Å². The van der Waals surface area contributed by atoms with Gasteiger partial charge in [0.1, 0.15) is 13.2 Å². The molecule has 2 saturated heterocycles. The molecule has 0 spiro atoms. The predicted molar refractivity (Wildman–Crippen MR) is 92.2 cm³/mol. The molecule has 2 fully saturated rings. The molecule has 2 rings (SSSR count). The molecule has 148 valence electrons. The third-order valence-electron chi connectivity index (χ3n) is 3.90. The van der Waals surface area contributed by atoms with Crippen molar-refractivity contribution in [2.45, 2.75) is 24.9 Å². The minimum atomic E-state index is -3.07. The molecule has 2 aliphatic heterocycles. The summed E-state index contributed by atoms with van der Waals surface area (Å²) in [6, 6.07) is -0.856. The molecule has 0 aliphatic carbocycles. The minimum absolute atomic E-state index is 0.0584. The number of hydrogen-bond donors (Lipinski definition) is 2. The van der Waals surface area contributed by atoms with Crippen molar-refractivity contribution in [2.75, 3.05) is 36.2 Å². The van der Waals surface area contributed by atoms with Gasteiger partial charge in [-0.3, -0.25) is 0 Å². The van der Waals surface area contributed by atoms with E-state index in [-0.39, 0.29) is 36.2 Å². The van der Waals surface area contributed by atoms with Crippen molar-refractivity contribution in [3.8, 4) is 0 Å². The van der Waals surface area contributed by atoms with Gasteiger partial charge in [0, 0.05) is 12.1 Å². The summed E-state index contributed by atoms with van der Waals surface area (Å²) in [6.45, 7) is -0.117. The lowest BCUT2D eigenvalue weighted by Crippen LogP contribution is -2.36. The van der Waals surface area contributed by atoms with Crippen LogP contribution < -0.4 is 10.6 Å². The fourth-order valence-electron chi connectivity index (χ4n) is 2.62. The number of hydrogen-bond acceptors (Lipinski definition) is 8. The summed E-state index contributed by atoms with van der Waals surface area (Å²) < 4.78 is 54.8. The van der Waals surface area contributed by atoms with Gasteiger partial charge in [-0.2, -0.15) is 0 Å². The molecule has 0 aromatic carbocycles. The second kappa shape index (κ2) is 8.71. The van der Waals surface area contributed by atoms with E-state index >= 15 is 0 Å². The molecular formula is C14H22N2O8S2. The van der Waals surface area contributed by atoms with Crippen LogP contribution in [0.4, 0.5) is 9.59 Å². The highest BCUT2D eigenvalue weighted by Crippen LogP contribution is 2.12. The Bertz CT molecular complexity index is 696. The third-order valence-corrected chi connectivity index (χ3v) is 7.43. The minimum Gasteiger partial charge on any atom is -0.445 e. The first kappa shape index (κ1) is 20.5. The number of alkyl carbamates (subject to hydrolysis) is 2. The Morgan fingerprint density at radius 3 is 1.50 bits per heavy atom. The van der Waals surface area contributed by atoms with E-state index < -0.39 is 43.9 Å². The summed E-state index contributed by atoms with van der Waals surface area (Å²) in [7, 11) is -6.14. The first-order chi connectivity index (χ1) is 12.2. The lowest BCUT2D eigenvalue weighted by molar-refractivity contribution is 0.150. The third kappa shape index (κ3) is 7.20. The van der Waals surface area contributed by atoms with Gasteiger partial charge in [-0.25, -0.2) is 26.4 Å². The fraction of sp³-hybridized carbons (Fsp3) is 0.714. The van der Waals surface area contributed by atoms with Gasteiger partial charge >= 0.3 is 12.2 Å². The fourth-order valence-corrected chi connectivity index (χ4v) is 5.96. The maximum Gasteiger partial charge on any atom is 0.407 e. The zero-order valence-electron chi connectivity index (χ0n) is 14.0. The Balaban J connectivity index is 1.54. The normalized spacial score (nSPS) is 26.5. The van der Waals surface area contributed by atoms with Crippen molar-refractivity contribution in [1.82, 2.24) is 10.6 Å². The molecule has 10 nitrogen and oxygen atoms in total. The van der Waals surface area contributed by atoms with Gasteiger partial charge in [0.2, 0.25) is 0 Å². The van der Waals surface area contributed by atoms with Crippen LogP contribution in [0, 0.1) is 0 Å². The molecule has 0 bridgehead atoms. The molecule has 0 radical (unpaired) electrons. The summed E-state index contributed by atoms with van der Waals surface area (Å²) in [5, 5.41) is 4.94. The van der Waals surface area contributed by atoms with Gasteiger partial charge in [0.25, 0.3) is 0 Å². The van der Waals surface area contributed by atoms with Crippen molar-refractivity contribution in [1.29, 1.82) is 0 Å². The van der Waals surface area contributed by atoms with E-state index in [4.69, 9.17) is 9.47 Å². The number of carbonyl (C=O) groups is 2. The van der Waals surface area contributed by atoms with Crippen LogP contribution in [0.15, 0.2) is 12.2 Å². The van der Waals surface area contributed by atoms with Crippen LogP contribution in [-0.4, -0.2) is 77.3 Å². The Morgan fingerprint density at radius 1 is 0.808 bits per heavy atom. The van der Waals surface area contributed by atoms with Crippen molar-refractivity contribution in [3.63, 3.8) is 0 Å². The molecule has 26 heavy (non-hydrogen) atoms. The maximum absolute atomic E-state index is 11.5. The Hall–Kier alpha value is -1.82. The molecular weight excluding hydrogens is 388 g/mol. The number of amides is 2. The first-order valence-electron chi connectivity index (χ1n) is 8.08. The van der Waals surface area contributed by atoms with Gasteiger partial charge in [-0.15, -0.1) is 0 Å². The lowest BCUT2D eigenvalue weighted by atomic mass is 10.3. The number of sulfone groups is 2. The van der Waals surface area contributed by atoms with Crippen molar-refractivity contribution < 1.29 is 35.9 Å². The standard InChI is InChI=1S/C14H22N2O8S2/c17-13(15-11-3-7-25(19,20)9-11)23-5-1-2-6-24-14(18)16-12-4-8-26(21,22)10-12/h1-2,11-12H,3-10H2,(H,15,17)(H,16,18)/b2-1+. The van der Waals surface area contributed by atoms with E-state index in [0.717, 1.165) is 0 Å². The van der Waals surface area contributed by atoms with Gasteiger partial charge in [-0.05, 0) is 25.0 Å². The smallest absolute Gasteiger partial charge is 0.407 e. The summed E-state index contributed by atoms with van der Waals surface area (Å²) in [4.78, 5) is 23.0. The van der Waals surface area contributed by atoms with E-state index in [1.54, 1.807) is 0 Å². The van der Waals surface area contributed by atoms with Gasteiger partial charge < -0.3 is 20.1 Å². The van der Waals surface area contributed by atoms with E-state index in [9.17, 15) is 26.4 Å². The topological polar surface area (TPSA) is 145 Å². The van der Waals surface area contributed by atoms with Gasteiger partial charge in [0.15, 0.2) is 19.7 Å². The number of ether oxygens (including phenoxy) is 2. The first-order valence-corrected chi connectivity index (χ1v) is 11.7. The molecule has 0 aromatic rings. The highest BCUT2D eigenvalue weighted by molar-refractivity contribution is 7.91. The molecule has 0 aromatic heterocycles. The number of rotatable bonds is 6. The largest absolute Gasteiger partial charge is 0.445 e. The average Bonchev–Trinajstić information content (AvgIpc) is 3.04. The van der Waals surface area contributed by atoms with E-state index in [2.05, 4.69) is 10.6 Å². The second-order valence-corrected chi connectivity index (χ2v) is 10.6. The quantitative estimate of drug-likeness (QED) is 0.551. The Labute approximate surface area is 152 Å². The monoisotopic (exact) mass is 410 g/mol. The maximum atomic E-state index is 11.5. The SMILES string of the molecule is O=C(NC1CCS(=O)(=O)C1)OC/C=C/COC(=O)NC1CCS(=O)(=O)C1. The number of carbonyl (C=O) groups excluding carboxylic acids is 2. The predicted octanol–water partition coefficient (Wildman–Crippen LogP) is -0.631. The lowest BCUT2D eigenvalue weighted by Gasteiger charge is -2.10. The summed E-state index contributed by atoms with van der Waals surface area (Å²) in [5.41, 5.74) is 0. The highest BCUT2D eigenvalue weighted by atomic mass is 32.2. The molecule has 2 heterocycles. The zero-order chi connectivity index (χ0) is 19.2. The molecule has 2 unspecified atom stereocenters. The molecule has 0 saturated carbocycles. The van der Waals surface area contributed by atoms with Crippen LogP contribution in [0.1, 0.15) is 12.8 Å². The summed E-state index contributed by atoms with van der Waals surface area (Å²) in [5.74, 6) is -0.0412. The second-order valence-electron chi connectivity index (χ2n) is 6.16. The highest BCUT2D eigenvalue weighted by Gasteiger charge is 2.30. The summed E-state index contributed by atoms with van der Waals surface area (Å²) >= 11 is 0.